The molecule has 0 radical (unpaired) electrons. The quantitative estimate of drug-likeness (QED) is 0.821. The minimum Gasteiger partial charge on any atom is -0.354 e. The summed E-state index contributed by atoms with van der Waals surface area (Å²) >= 11 is 0. The van der Waals surface area contributed by atoms with Gasteiger partial charge in [0.2, 0.25) is 10.0 Å². The van der Waals surface area contributed by atoms with Crippen molar-refractivity contribution in [3.8, 4) is 0 Å². The van der Waals surface area contributed by atoms with Gasteiger partial charge in [-0.1, -0.05) is 0 Å². The van der Waals surface area contributed by atoms with Crippen molar-refractivity contribution < 1.29 is 8.42 Å². The number of pyridine rings is 1. The molecule has 1 saturated heterocycles. The molecule has 8 heteroatoms. The van der Waals surface area contributed by atoms with Crippen molar-refractivity contribution >= 4 is 26.9 Å². The number of hydrogen-bond acceptors (Lipinski definition) is 6. The number of rotatable bonds is 3. The maximum atomic E-state index is 11.6. The highest BCUT2D eigenvalue weighted by Crippen LogP contribution is 2.26. The smallest absolute Gasteiger partial charge is 0.211 e. The van der Waals surface area contributed by atoms with Crippen LogP contribution in [-0.2, 0) is 10.0 Å². The van der Waals surface area contributed by atoms with Crippen molar-refractivity contribution in [1.29, 1.82) is 0 Å². The average molecular weight is 307 g/mol. The third-order valence-corrected chi connectivity index (χ3v) is 5.23. The summed E-state index contributed by atoms with van der Waals surface area (Å²) in [4.78, 5) is 14.8. The third kappa shape index (κ3) is 2.68. The van der Waals surface area contributed by atoms with E-state index in [2.05, 4.69) is 19.9 Å². The van der Waals surface area contributed by atoms with E-state index in [1.165, 1.54) is 16.9 Å². The Bertz CT molecular complexity index is 759. The van der Waals surface area contributed by atoms with Crippen molar-refractivity contribution in [2.45, 2.75) is 12.5 Å². The topological polar surface area (TPSA) is 79.3 Å². The molecule has 0 bridgehead atoms. The van der Waals surface area contributed by atoms with Crippen LogP contribution in [0.1, 0.15) is 6.42 Å². The molecule has 1 fully saturated rings. The molecule has 21 heavy (non-hydrogen) atoms. The van der Waals surface area contributed by atoms with Crippen LogP contribution >= 0.6 is 0 Å². The van der Waals surface area contributed by atoms with Crippen LogP contribution in [0.3, 0.4) is 0 Å². The number of anilines is 1. The van der Waals surface area contributed by atoms with E-state index in [1.54, 1.807) is 13.2 Å². The number of sulfonamides is 1. The van der Waals surface area contributed by atoms with Crippen molar-refractivity contribution in [1.82, 2.24) is 19.3 Å². The van der Waals surface area contributed by atoms with Crippen molar-refractivity contribution in [2.75, 3.05) is 31.3 Å². The fraction of sp³-hybridized carbons (Fsp3) is 0.462. The summed E-state index contributed by atoms with van der Waals surface area (Å²) in [6, 6.07) is 3.76. The number of nitrogens with zero attached hydrogens (tertiary/aromatic N) is 5. The van der Waals surface area contributed by atoms with E-state index >= 15 is 0 Å². The molecule has 2 aromatic heterocycles. The fourth-order valence-corrected chi connectivity index (χ4v) is 3.35. The van der Waals surface area contributed by atoms with Crippen LogP contribution in [0.25, 0.3) is 11.0 Å². The van der Waals surface area contributed by atoms with Gasteiger partial charge in [-0.05, 0) is 18.6 Å². The van der Waals surface area contributed by atoms with Crippen LogP contribution in [-0.4, -0.2) is 60.1 Å². The Labute approximate surface area is 123 Å². The summed E-state index contributed by atoms with van der Waals surface area (Å²) in [5.74, 6) is 0.817. The molecule has 1 atom stereocenters. The Morgan fingerprint density at radius 2 is 2.14 bits per heavy atom. The first-order chi connectivity index (χ1) is 9.97. The van der Waals surface area contributed by atoms with E-state index in [0.717, 1.165) is 24.2 Å². The van der Waals surface area contributed by atoms with Gasteiger partial charge in [0, 0.05) is 32.4 Å². The van der Waals surface area contributed by atoms with Gasteiger partial charge < -0.3 is 4.90 Å². The van der Waals surface area contributed by atoms with Crippen LogP contribution in [0.2, 0.25) is 0 Å². The number of likely N-dealkylation sites (N-methyl/N-ethyl adjacent to an activating group) is 1. The van der Waals surface area contributed by atoms with Crippen molar-refractivity contribution in [3.63, 3.8) is 0 Å². The second-order valence-corrected chi connectivity index (χ2v) is 7.28. The maximum Gasteiger partial charge on any atom is 0.211 e. The molecule has 7 nitrogen and oxygen atoms in total. The van der Waals surface area contributed by atoms with Gasteiger partial charge in [0.05, 0.1) is 11.6 Å². The van der Waals surface area contributed by atoms with Crippen molar-refractivity contribution in [2.24, 2.45) is 0 Å². The molecule has 0 aliphatic carbocycles. The Balaban J connectivity index is 1.89. The van der Waals surface area contributed by atoms with Crippen LogP contribution in [0, 0.1) is 0 Å². The number of aromatic nitrogens is 3. The lowest BCUT2D eigenvalue weighted by Gasteiger charge is -2.23. The molecular weight excluding hydrogens is 290 g/mol. The summed E-state index contributed by atoms with van der Waals surface area (Å²) in [6.07, 6.45) is 5.22. The van der Waals surface area contributed by atoms with Gasteiger partial charge in [-0.3, -0.25) is 0 Å². The number of fused-ring (bicyclic) bond motifs is 1. The van der Waals surface area contributed by atoms with E-state index in [4.69, 9.17) is 0 Å². The summed E-state index contributed by atoms with van der Waals surface area (Å²) in [5.41, 5.74) is 0.655. The lowest BCUT2D eigenvalue weighted by Crippen LogP contribution is -2.38. The predicted octanol–water partition coefficient (Wildman–Crippen LogP) is 0.495. The lowest BCUT2D eigenvalue weighted by molar-refractivity contribution is 0.393. The van der Waals surface area contributed by atoms with Crippen LogP contribution < -0.4 is 4.90 Å². The highest BCUT2D eigenvalue weighted by molar-refractivity contribution is 7.88. The molecule has 1 aliphatic rings. The van der Waals surface area contributed by atoms with Gasteiger partial charge in [0.15, 0.2) is 5.65 Å². The lowest BCUT2D eigenvalue weighted by atomic mass is 10.3. The molecule has 0 amide bonds. The minimum atomic E-state index is -3.17. The molecule has 3 rings (SSSR count). The van der Waals surface area contributed by atoms with Gasteiger partial charge in [-0.2, -0.15) is 0 Å². The summed E-state index contributed by atoms with van der Waals surface area (Å²) < 4.78 is 24.7. The molecule has 2 aromatic rings. The zero-order chi connectivity index (χ0) is 15.0. The molecule has 0 spiro atoms. The largest absolute Gasteiger partial charge is 0.354 e. The Morgan fingerprint density at radius 3 is 2.90 bits per heavy atom. The van der Waals surface area contributed by atoms with Gasteiger partial charge >= 0.3 is 0 Å². The summed E-state index contributed by atoms with van der Waals surface area (Å²) in [6.45, 7) is 1.40. The van der Waals surface area contributed by atoms with E-state index in [9.17, 15) is 8.42 Å². The zero-order valence-corrected chi connectivity index (χ0v) is 12.8. The highest BCUT2D eigenvalue weighted by atomic mass is 32.2. The van der Waals surface area contributed by atoms with E-state index < -0.39 is 10.0 Å². The normalized spacial score (nSPS) is 19.6. The maximum absolute atomic E-state index is 11.6. The predicted molar refractivity (Wildman–Crippen MR) is 80.6 cm³/mol. The van der Waals surface area contributed by atoms with E-state index in [-0.39, 0.29) is 6.04 Å². The molecule has 0 saturated carbocycles. The summed E-state index contributed by atoms with van der Waals surface area (Å²) in [7, 11) is -1.54. The Kier molecular flexibility index (Phi) is 3.50. The molecular formula is C13H17N5O2S. The molecule has 0 N–H and O–H groups in total. The standard InChI is InChI=1S/C13H17N5O2S/c1-17(21(2,19)20)10-5-7-18(8-10)13-11-4-3-6-14-12(11)15-9-16-13/h3-4,6,9-10H,5,7-8H2,1-2H3. The van der Waals surface area contributed by atoms with Crippen LogP contribution in [0.15, 0.2) is 24.7 Å². The van der Waals surface area contributed by atoms with E-state index in [0.29, 0.717) is 12.2 Å². The van der Waals surface area contributed by atoms with Gasteiger partial charge in [-0.15, -0.1) is 0 Å². The van der Waals surface area contributed by atoms with E-state index in [1.807, 2.05) is 12.1 Å². The first-order valence-electron chi connectivity index (χ1n) is 6.70. The number of hydrogen-bond donors (Lipinski definition) is 0. The SMILES string of the molecule is CN(C1CCN(c2ncnc3ncccc23)C1)S(C)(=O)=O. The second kappa shape index (κ2) is 5.19. The highest BCUT2D eigenvalue weighted by Gasteiger charge is 2.31. The second-order valence-electron chi connectivity index (χ2n) is 5.24. The monoisotopic (exact) mass is 307 g/mol. The summed E-state index contributed by atoms with van der Waals surface area (Å²) in [5, 5.41) is 0.891. The Hall–Kier alpha value is -1.80. The van der Waals surface area contributed by atoms with Crippen molar-refractivity contribution in [3.05, 3.63) is 24.7 Å². The molecule has 1 unspecified atom stereocenters. The molecule has 0 aromatic carbocycles. The Morgan fingerprint density at radius 1 is 1.33 bits per heavy atom. The average Bonchev–Trinajstić information content (AvgIpc) is 2.94. The van der Waals surface area contributed by atoms with Gasteiger partial charge in [0.25, 0.3) is 0 Å². The minimum absolute atomic E-state index is 0.0262. The fourth-order valence-electron chi connectivity index (χ4n) is 2.64. The first kappa shape index (κ1) is 14.2. The first-order valence-corrected chi connectivity index (χ1v) is 8.55. The molecule has 112 valence electrons. The van der Waals surface area contributed by atoms with Crippen LogP contribution in [0.4, 0.5) is 5.82 Å². The zero-order valence-electron chi connectivity index (χ0n) is 12.0. The molecule has 3 heterocycles. The molecule has 1 aliphatic heterocycles. The van der Waals surface area contributed by atoms with Gasteiger partial charge in [0.1, 0.15) is 12.1 Å². The third-order valence-electron chi connectivity index (χ3n) is 3.89. The van der Waals surface area contributed by atoms with Crippen LogP contribution in [0.5, 0.6) is 0 Å². The van der Waals surface area contributed by atoms with Gasteiger partial charge in [-0.25, -0.2) is 27.7 Å².